The number of carbonyl (C=O) groups is 2. The quantitative estimate of drug-likeness (QED) is 0.365. The molecule has 0 atom stereocenters. The van der Waals surface area contributed by atoms with Crippen LogP contribution in [0.1, 0.15) is 13.3 Å². The molecule has 48 valence electrons. The molecule has 0 saturated carbocycles. The van der Waals surface area contributed by atoms with Gasteiger partial charge in [0, 0.05) is 0 Å². The van der Waals surface area contributed by atoms with E-state index in [2.05, 4.69) is 5.32 Å². The molecule has 0 aromatic rings. The molecule has 0 aromatic heterocycles. The van der Waals surface area contributed by atoms with Crippen LogP contribution in [-0.4, -0.2) is 11.7 Å². The van der Waals surface area contributed by atoms with Crippen molar-refractivity contribution in [1.82, 2.24) is 5.32 Å². The van der Waals surface area contributed by atoms with Crippen molar-refractivity contribution < 1.29 is 9.59 Å². The zero-order valence-corrected chi connectivity index (χ0v) is 5.10. The van der Waals surface area contributed by atoms with Crippen LogP contribution < -0.4 is 5.32 Å². The van der Waals surface area contributed by atoms with Gasteiger partial charge in [-0.15, -0.1) is 0 Å². The highest BCUT2D eigenvalue weighted by atomic mass is 16.2. The lowest BCUT2D eigenvalue weighted by atomic mass is 10.3. The molecule has 0 bridgehead atoms. The number of hydrogen-bond donors (Lipinski definition) is 1. The Balaban J connectivity index is 2.81. The van der Waals surface area contributed by atoms with E-state index in [4.69, 9.17) is 0 Å². The van der Waals surface area contributed by atoms with Crippen molar-refractivity contribution in [2.75, 3.05) is 0 Å². The number of nitrogens with one attached hydrogen (secondary N) is 1. The first-order chi connectivity index (χ1) is 4.24. The SMILES string of the molecule is CC=C1NC(=O)CC1=O. The van der Waals surface area contributed by atoms with Crippen LogP contribution in [-0.2, 0) is 9.59 Å². The zero-order chi connectivity index (χ0) is 6.85. The fraction of sp³-hybridized carbons (Fsp3) is 0.333. The van der Waals surface area contributed by atoms with Crippen LogP contribution in [0.4, 0.5) is 0 Å². The van der Waals surface area contributed by atoms with Gasteiger partial charge in [-0.2, -0.15) is 0 Å². The largest absolute Gasteiger partial charge is 0.323 e. The van der Waals surface area contributed by atoms with Crippen molar-refractivity contribution in [2.24, 2.45) is 0 Å². The van der Waals surface area contributed by atoms with Gasteiger partial charge in [0.15, 0.2) is 5.78 Å². The summed E-state index contributed by atoms with van der Waals surface area (Å²) in [6.45, 7) is 1.72. The number of Topliss-reactive ketones (excluding diaryl/α,β-unsaturated/α-hetero) is 1. The van der Waals surface area contributed by atoms with Crippen molar-refractivity contribution in [3.8, 4) is 0 Å². The van der Waals surface area contributed by atoms with Crippen molar-refractivity contribution in [3.63, 3.8) is 0 Å². The van der Waals surface area contributed by atoms with Crippen molar-refractivity contribution >= 4 is 11.7 Å². The standard InChI is InChI=1S/C6H7NO2/c1-2-4-5(8)3-6(9)7-4/h2H,3H2,1H3,(H,7,9). The van der Waals surface area contributed by atoms with Crippen LogP contribution in [0, 0.1) is 0 Å². The van der Waals surface area contributed by atoms with Gasteiger partial charge in [0.1, 0.15) is 0 Å². The van der Waals surface area contributed by atoms with Gasteiger partial charge in [-0.1, -0.05) is 6.08 Å². The van der Waals surface area contributed by atoms with Gasteiger partial charge in [-0.3, -0.25) is 9.59 Å². The minimum atomic E-state index is -0.201. The minimum absolute atomic E-state index is 0.0136. The predicted octanol–water partition coefficient (Wildman–Crippen LogP) is -0.0208. The molecule has 1 saturated heterocycles. The van der Waals surface area contributed by atoms with Crippen LogP contribution in [0.15, 0.2) is 11.8 Å². The lowest BCUT2D eigenvalue weighted by Gasteiger charge is -1.88. The summed E-state index contributed by atoms with van der Waals surface area (Å²) in [6.07, 6.45) is 1.62. The summed E-state index contributed by atoms with van der Waals surface area (Å²) in [5, 5.41) is 2.43. The van der Waals surface area contributed by atoms with E-state index in [0.717, 1.165) is 0 Å². The second-order valence-electron chi connectivity index (χ2n) is 1.85. The Morgan fingerprint density at radius 2 is 2.22 bits per heavy atom. The Bertz CT molecular complexity index is 193. The molecule has 1 heterocycles. The second kappa shape index (κ2) is 2.01. The average Bonchev–Trinajstić information content (AvgIpc) is 2.10. The van der Waals surface area contributed by atoms with E-state index in [-0.39, 0.29) is 18.1 Å². The van der Waals surface area contributed by atoms with E-state index in [9.17, 15) is 9.59 Å². The highest BCUT2D eigenvalue weighted by Crippen LogP contribution is 2.04. The van der Waals surface area contributed by atoms with E-state index in [1.165, 1.54) is 0 Å². The molecule has 1 N–H and O–H groups in total. The molecule has 9 heavy (non-hydrogen) atoms. The molecular weight excluding hydrogens is 118 g/mol. The van der Waals surface area contributed by atoms with Gasteiger partial charge < -0.3 is 5.32 Å². The summed E-state index contributed by atoms with van der Waals surface area (Å²) >= 11 is 0. The molecule has 0 radical (unpaired) electrons. The fourth-order valence-corrected chi connectivity index (χ4v) is 0.738. The zero-order valence-electron chi connectivity index (χ0n) is 5.10. The van der Waals surface area contributed by atoms with Crippen LogP contribution >= 0.6 is 0 Å². The fourth-order valence-electron chi connectivity index (χ4n) is 0.738. The maximum absolute atomic E-state index is 10.7. The second-order valence-corrected chi connectivity index (χ2v) is 1.85. The third kappa shape index (κ3) is 0.988. The third-order valence-electron chi connectivity index (χ3n) is 1.18. The maximum Gasteiger partial charge on any atom is 0.232 e. The van der Waals surface area contributed by atoms with Gasteiger partial charge in [0.25, 0.3) is 0 Å². The number of carbonyl (C=O) groups excluding carboxylic acids is 2. The molecule has 1 aliphatic rings. The number of amides is 1. The summed E-state index contributed by atoms with van der Waals surface area (Å²) in [5.41, 5.74) is 0.431. The Hall–Kier alpha value is -1.12. The van der Waals surface area contributed by atoms with Crippen LogP contribution in [0.5, 0.6) is 0 Å². The van der Waals surface area contributed by atoms with E-state index in [0.29, 0.717) is 5.70 Å². The number of rotatable bonds is 0. The molecule has 3 nitrogen and oxygen atoms in total. The van der Waals surface area contributed by atoms with E-state index >= 15 is 0 Å². The highest BCUT2D eigenvalue weighted by molar-refractivity contribution is 6.14. The maximum atomic E-state index is 10.7. The van der Waals surface area contributed by atoms with Crippen molar-refractivity contribution in [3.05, 3.63) is 11.8 Å². The normalized spacial score (nSPS) is 23.0. The minimum Gasteiger partial charge on any atom is -0.323 e. The molecule has 1 rings (SSSR count). The lowest BCUT2D eigenvalue weighted by Crippen LogP contribution is -2.11. The summed E-state index contributed by atoms with van der Waals surface area (Å²) in [6, 6.07) is 0. The van der Waals surface area contributed by atoms with Crippen LogP contribution in [0.2, 0.25) is 0 Å². The smallest absolute Gasteiger partial charge is 0.232 e. The Labute approximate surface area is 52.7 Å². The Morgan fingerprint density at radius 3 is 2.44 bits per heavy atom. The van der Waals surface area contributed by atoms with Gasteiger partial charge in [0.05, 0.1) is 12.1 Å². The number of ketones is 1. The van der Waals surface area contributed by atoms with E-state index in [1.807, 2.05) is 0 Å². The molecular formula is C6H7NO2. The molecule has 0 aliphatic carbocycles. The first-order valence-electron chi connectivity index (χ1n) is 2.73. The Morgan fingerprint density at radius 1 is 1.56 bits per heavy atom. The van der Waals surface area contributed by atoms with E-state index in [1.54, 1.807) is 13.0 Å². The Kier molecular flexibility index (Phi) is 1.34. The number of allylic oxidation sites excluding steroid dienone is 2. The van der Waals surface area contributed by atoms with Crippen LogP contribution in [0.25, 0.3) is 0 Å². The molecule has 1 aliphatic heterocycles. The first-order valence-corrected chi connectivity index (χ1v) is 2.73. The topological polar surface area (TPSA) is 46.2 Å². The molecule has 1 fully saturated rings. The van der Waals surface area contributed by atoms with E-state index < -0.39 is 0 Å². The molecule has 0 unspecified atom stereocenters. The molecule has 0 aromatic carbocycles. The van der Waals surface area contributed by atoms with Crippen molar-refractivity contribution in [2.45, 2.75) is 13.3 Å². The summed E-state index contributed by atoms with van der Waals surface area (Å²) in [7, 11) is 0. The predicted molar refractivity (Wildman–Crippen MR) is 31.5 cm³/mol. The highest BCUT2D eigenvalue weighted by Gasteiger charge is 2.22. The van der Waals surface area contributed by atoms with Gasteiger partial charge in [-0.25, -0.2) is 0 Å². The number of hydrogen-bond acceptors (Lipinski definition) is 2. The first kappa shape index (κ1) is 6.01. The summed E-state index contributed by atoms with van der Waals surface area (Å²) in [4.78, 5) is 21.1. The third-order valence-corrected chi connectivity index (χ3v) is 1.18. The van der Waals surface area contributed by atoms with Gasteiger partial charge >= 0.3 is 0 Å². The van der Waals surface area contributed by atoms with Crippen molar-refractivity contribution in [1.29, 1.82) is 0 Å². The summed E-state index contributed by atoms with van der Waals surface area (Å²) < 4.78 is 0. The molecule has 1 amide bonds. The molecule has 3 heteroatoms. The van der Waals surface area contributed by atoms with Gasteiger partial charge in [0.2, 0.25) is 5.91 Å². The van der Waals surface area contributed by atoms with Gasteiger partial charge in [-0.05, 0) is 6.92 Å². The van der Waals surface area contributed by atoms with Crippen LogP contribution in [0.3, 0.4) is 0 Å². The lowest BCUT2D eigenvalue weighted by molar-refractivity contribution is -0.121. The molecule has 0 spiro atoms. The average molecular weight is 125 g/mol. The summed E-state index contributed by atoms with van der Waals surface area (Å²) in [5.74, 6) is -0.310. The monoisotopic (exact) mass is 125 g/mol.